The fourth-order valence-corrected chi connectivity index (χ4v) is 19.5. The number of ether oxygens (including phenoxy) is 2. The van der Waals surface area contributed by atoms with E-state index in [2.05, 4.69) is 108 Å². The van der Waals surface area contributed by atoms with Crippen molar-refractivity contribution >= 4 is 113 Å². The Hall–Kier alpha value is -8.40. The van der Waals surface area contributed by atoms with Crippen LogP contribution < -0.4 is 9.47 Å². The van der Waals surface area contributed by atoms with Crippen LogP contribution in [0.1, 0.15) is 52.3 Å². The molecule has 0 aliphatic carbocycles. The van der Waals surface area contributed by atoms with Crippen LogP contribution in [0, 0.1) is 45.3 Å². The topological polar surface area (TPSA) is 114 Å². The van der Waals surface area contributed by atoms with E-state index in [1.165, 1.54) is 51.6 Å². The lowest BCUT2D eigenvalue weighted by Crippen LogP contribution is -1.97. The van der Waals surface area contributed by atoms with Crippen molar-refractivity contribution in [1.82, 2.24) is 0 Å². The van der Waals surface area contributed by atoms with Gasteiger partial charge in [0.25, 0.3) is 0 Å². The van der Waals surface area contributed by atoms with E-state index in [0.717, 1.165) is 76.8 Å². The Kier molecular flexibility index (Phi) is 13.1. The molecule has 0 N–H and O–H groups in total. The summed E-state index contributed by atoms with van der Waals surface area (Å²) in [5, 5.41) is 51.8. The van der Waals surface area contributed by atoms with Crippen LogP contribution in [0.4, 0.5) is 0 Å². The molecule has 0 unspecified atom stereocenters. The van der Waals surface area contributed by atoms with Crippen molar-refractivity contribution < 1.29 is 9.47 Å². The molecule has 0 fully saturated rings. The summed E-state index contributed by atoms with van der Waals surface area (Å²) < 4.78 is 13.3. The van der Waals surface area contributed by atoms with Crippen molar-refractivity contribution in [3.8, 4) is 69.2 Å². The smallest absolute Gasteiger partial charge is 0.119 e. The number of fused-ring (bicyclic) bond motifs is 6. The predicted molar refractivity (Wildman–Crippen MR) is 331 cm³/mol. The second kappa shape index (κ2) is 21.0. The van der Waals surface area contributed by atoms with Gasteiger partial charge in [0, 0.05) is 94.7 Å². The van der Waals surface area contributed by atoms with Gasteiger partial charge < -0.3 is 9.47 Å². The molecule has 0 spiro atoms. The quantitative estimate of drug-likeness (QED) is 0.116. The highest BCUT2D eigenvalue weighted by Crippen LogP contribution is 2.65. The van der Waals surface area contributed by atoms with Crippen LogP contribution >= 0.6 is 69.7 Å². The molecule has 80 heavy (non-hydrogen) atoms. The molecule has 0 saturated heterocycles. The zero-order valence-electron chi connectivity index (χ0n) is 42.1. The van der Waals surface area contributed by atoms with Gasteiger partial charge in [-0.1, -0.05) is 121 Å². The van der Waals surface area contributed by atoms with Crippen LogP contribution in [-0.2, 0) is 13.2 Å². The van der Waals surface area contributed by atoms with Crippen molar-refractivity contribution in [2.24, 2.45) is 0 Å². The molecule has 6 nitrogen and oxygen atoms in total. The van der Waals surface area contributed by atoms with Gasteiger partial charge in [0.2, 0.25) is 0 Å². The minimum Gasteiger partial charge on any atom is -0.489 e. The molecule has 10 aromatic carbocycles. The average Bonchev–Trinajstić information content (AvgIpc) is 4.43. The summed E-state index contributed by atoms with van der Waals surface area (Å²) in [5.74, 6) is 1.45. The molecular weight excluding hydrogens is 1100 g/mol. The molecule has 2 aliphatic rings. The summed E-state index contributed by atoms with van der Waals surface area (Å²) >= 11 is 11.4. The summed E-state index contributed by atoms with van der Waals surface area (Å²) in [6, 6.07) is 70.9. The van der Waals surface area contributed by atoms with E-state index in [1.54, 1.807) is 0 Å². The van der Waals surface area contributed by atoms with Crippen molar-refractivity contribution in [2.75, 3.05) is 0 Å². The van der Waals surface area contributed by atoms with Crippen LogP contribution in [0.5, 0.6) is 11.5 Å². The molecule has 2 aromatic heterocycles. The van der Waals surface area contributed by atoms with Crippen LogP contribution in [-0.4, -0.2) is 0 Å². The Bertz CT molecular complexity index is 4340. The Morgan fingerprint density at radius 3 is 1.00 bits per heavy atom. The molecule has 378 valence electrons. The maximum absolute atomic E-state index is 10.3. The second-order valence-electron chi connectivity index (χ2n) is 19.2. The Morgan fingerprint density at radius 2 is 0.662 bits per heavy atom. The molecule has 4 heterocycles. The Morgan fingerprint density at radius 1 is 0.350 bits per heavy atom. The lowest BCUT2D eigenvalue weighted by atomic mass is 9.92. The van der Waals surface area contributed by atoms with Gasteiger partial charge in [0.15, 0.2) is 0 Å². The first kappa shape index (κ1) is 49.9. The summed E-state index contributed by atoms with van der Waals surface area (Å²) in [4.78, 5) is 7.84. The highest BCUT2D eigenvalue weighted by Gasteiger charge is 2.35. The van der Waals surface area contributed by atoms with E-state index in [9.17, 15) is 21.0 Å². The van der Waals surface area contributed by atoms with Gasteiger partial charge in [0.05, 0.1) is 31.4 Å². The molecule has 14 rings (SSSR count). The SMILES string of the molecule is N#Cc1c2ccccc2c(C#N)c2cc(COc3ccc(-c4csc(C5Sc6ccccc6S5)c4-c4c(-c5ccc(OCc6ccc7c(C#N)c8ccccc8c(C#N)c7c6)cc5)csc4C4Sc5ccccc5S4)cc3)ccc12. The fourth-order valence-electron chi connectivity index (χ4n) is 11.0. The lowest BCUT2D eigenvalue weighted by Gasteiger charge is -2.18. The largest absolute Gasteiger partial charge is 0.489 e. The Balaban J connectivity index is 0.810. The van der Waals surface area contributed by atoms with Crippen molar-refractivity contribution in [2.45, 2.75) is 42.0 Å². The van der Waals surface area contributed by atoms with Gasteiger partial charge >= 0.3 is 0 Å². The van der Waals surface area contributed by atoms with Gasteiger partial charge in [0.1, 0.15) is 49.0 Å². The molecule has 0 saturated carbocycles. The third-order valence-electron chi connectivity index (χ3n) is 14.7. The van der Waals surface area contributed by atoms with Crippen molar-refractivity contribution in [1.29, 1.82) is 21.0 Å². The Labute approximate surface area is 486 Å². The molecule has 0 radical (unpaired) electrons. The minimum absolute atomic E-state index is 0.150. The van der Waals surface area contributed by atoms with Gasteiger partial charge in [-0.3, -0.25) is 0 Å². The van der Waals surface area contributed by atoms with E-state index in [4.69, 9.17) is 9.47 Å². The summed E-state index contributed by atoms with van der Waals surface area (Å²) in [7, 11) is 0. The first-order valence-corrected chi connectivity index (χ1v) is 30.8. The number of thioether (sulfide) groups is 4. The normalized spacial score (nSPS) is 13.0. The molecule has 0 amide bonds. The van der Waals surface area contributed by atoms with Crippen LogP contribution in [0.15, 0.2) is 212 Å². The number of hydrogen-bond acceptors (Lipinski definition) is 12. The van der Waals surface area contributed by atoms with Gasteiger partial charge in [-0.25, -0.2) is 0 Å². The standard InChI is InChI=1S/C68H38N4O2S6/c69-31-53-45-9-1-3-11-47(45)55(33-71)51-29-39(17-27-49(51)53)35-73-43-23-19-41(20-24-43)57-37-75-65(67-77-59-13-5-6-14-60(59)78-67)63(57)64-58(38-76-66(64)68-79-61-15-7-8-16-62(61)80-68)42-21-25-44(26-22-42)74-36-40-18-28-50-52(30-40)56(34-72)48-12-4-2-10-46(48)54(50)32-70/h1-30,37-38,67-68H,35-36H2. The monoisotopic (exact) mass is 1130 g/mol. The maximum atomic E-state index is 10.3. The van der Waals surface area contributed by atoms with E-state index in [0.29, 0.717) is 35.5 Å². The molecular formula is C68H38N4O2S6. The number of hydrogen-bond donors (Lipinski definition) is 0. The molecule has 12 aromatic rings. The number of thiophene rings is 2. The maximum Gasteiger partial charge on any atom is 0.119 e. The number of rotatable bonds is 11. The van der Waals surface area contributed by atoms with Gasteiger partial charge in [-0.05, 0) is 93.7 Å². The number of nitriles is 4. The van der Waals surface area contributed by atoms with E-state index < -0.39 is 0 Å². The first-order chi connectivity index (χ1) is 39.5. The lowest BCUT2D eigenvalue weighted by molar-refractivity contribution is 0.306. The van der Waals surface area contributed by atoms with E-state index in [-0.39, 0.29) is 9.16 Å². The number of nitrogens with zero attached hydrogens (tertiary/aromatic N) is 4. The van der Waals surface area contributed by atoms with Crippen LogP contribution in [0.25, 0.3) is 76.5 Å². The van der Waals surface area contributed by atoms with Gasteiger partial charge in [-0.15, -0.1) is 69.7 Å². The molecule has 12 heteroatoms. The van der Waals surface area contributed by atoms with Crippen molar-refractivity contribution in [3.05, 3.63) is 236 Å². The second-order valence-corrected chi connectivity index (χ2v) is 26.2. The third-order valence-corrected chi connectivity index (χ3v) is 23.1. The minimum atomic E-state index is 0.150. The molecule has 0 atom stereocenters. The summed E-state index contributed by atoms with van der Waals surface area (Å²) in [5.41, 5.74) is 11.1. The first-order valence-electron chi connectivity index (χ1n) is 25.6. The van der Waals surface area contributed by atoms with E-state index in [1.807, 2.05) is 179 Å². The highest BCUT2D eigenvalue weighted by atomic mass is 32.2. The zero-order chi connectivity index (χ0) is 53.8. The van der Waals surface area contributed by atoms with Gasteiger partial charge in [-0.2, -0.15) is 21.0 Å². The average molecular weight is 1140 g/mol. The van der Waals surface area contributed by atoms with E-state index >= 15 is 0 Å². The van der Waals surface area contributed by atoms with Crippen LogP contribution in [0.2, 0.25) is 0 Å². The predicted octanol–water partition coefficient (Wildman–Crippen LogP) is 19.9. The van der Waals surface area contributed by atoms with Crippen LogP contribution in [0.3, 0.4) is 0 Å². The summed E-state index contributed by atoms with van der Waals surface area (Å²) in [6.45, 7) is 0.580. The molecule has 0 bridgehead atoms. The summed E-state index contributed by atoms with van der Waals surface area (Å²) in [6.07, 6.45) is 0. The fraction of sp³-hybridized carbons (Fsp3) is 0.0588. The van der Waals surface area contributed by atoms with Crippen molar-refractivity contribution in [3.63, 3.8) is 0 Å². The highest BCUT2D eigenvalue weighted by molar-refractivity contribution is 8.19. The third kappa shape index (κ3) is 8.74. The molecule has 2 aliphatic heterocycles. The zero-order valence-corrected chi connectivity index (χ0v) is 47.0. The number of benzene rings is 10.